The van der Waals surface area contributed by atoms with E-state index < -0.39 is 18.0 Å². The van der Waals surface area contributed by atoms with Crippen LogP contribution in [0.25, 0.3) is 0 Å². The van der Waals surface area contributed by atoms with Crippen LogP contribution in [-0.4, -0.2) is 46.5 Å². The first-order valence-electron chi connectivity index (χ1n) is 8.26. The Morgan fingerprint density at radius 1 is 0.929 bits per heavy atom. The molecule has 0 heterocycles. The lowest BCUT2D eigenvalue weighted by Crippen LogP contribution is -2.34. The number of carbonyl (C=O) groups is 2. The first kappa shape index (κ1) is 23.1. The van der Waals surface area contributed by atoms with Crippen LogP contribution in [0.2, 0.25) is 0 Å². The number of carbonyl (C=O) groups excluding carboxylic acids is 2. The molecule has 0 saturated carbocycles. The number of hydrogen-bond acceptors (Lipinski definition) is 8. The van der Waals surface area contributed by atoms with Crippen molar-refractivity contribution in [1.29, 1.82) is 0 Å². The highest BCUT2D eigenvalue weighted by Crippen LogP contribution is 2.25. The fourth-order valence-electron chi connectivity index (χ4n) is 2.26. The van der Waals surface area contributed by atoms with Crippen molar-refractivity contribution in [2.24, 2.45) is 5.73 Å². The van der Waals surface area contributed by atoms with E-state index in [1.54, 1.807) is 18.2 Å². The van der Waals surface area contributed by atoms with E-state index in [0.717, 1.165) is 0 Å². The molecule has 1 atom stereocenters. The number of rotatable bonds is 8. The van der Waals surface area contributed by atoms with Gasteiger partial charge in [-0.05, 0) is 36.2 Å². The number of ether oxygens (including phenoxy) is 2. The van der Waals surface area contributed by atoms with Gasteiger partial charge in [-0.15, -0.1) is 12.4 Å². The highest BCUT2D eigenvalue weighted by atomic mass is 35.5. The van der Waals surface area contributed by atoms with Crippen LogP contribution in [0.4, 0.5) is 0 Å². The number of benzene rings is 2. The van der Waals surface area contributed by atoms with E-state index in [9.17, 15) is 24.9 Å². The van der Waals surface area contributed by atoms with Crippen LogP contribution in [0.3, 0.4) is 0 Å². The van der Waals surface area contributed by atoms with E-state index in [1.165, 1.54) is 24.3 Å². The monoisotopic (exact) mass is 411 g/mol. The summed E-state index contributed by atoms with van der Waals surface area (Å²) >= 11 is 0. The molecule has 0 spiro atoms. The molecule has 0 aliphatic heterocycles. The smallest absolute Gasteiger partial charge is 0.341 e. The normalized spacial score (nSPS) is 11.2. The van der Waals surface area contributed by atoms with Gasteiger partial charge in [0.05, 0.1) is 13.2 Å². The summed E-state index contributed by atoms with van der Waals surface area (Å²) in [7, 11) is 0. The van der Waals surface area contributed by atoms with Gasteiger partial charge in [0.1, 0.15) is 17.4 Å². The Hall–Kier alpha value is -2.97. The molecule has 0 saturated heterocycles. The maximum Gasteiger partial charge on any atom is 0.341 e. The van der Waals surface area contributed by atoms with Gasteiger partial charge in [0.25, 0.3) is 0 Å². The summed E-state index contributed by atoms with van der Waals surface area (Å²) in [6.45, 7) is 0.0307. The molecule has 2 rings (SSSR count). The average molecular weight is 412 g/mol. The van der Waals surface area contributed by atoms with Gasteiger partial charge >= 0.3 is 11.9 Å². The third-order valence-corrected chi connectivity index (χ3v) is 3.69. The number of esters is 2. The Kier molecular flexibility index (Phi) is 9.07. The van der Waals surface area contributed by atoms with Crippen LogP contribution in [0.1, 0.15) is 22.3 Å². The van der Waals surface area contributed by atoms with Crippen LogP contribution in [0.15, 0.2) is 42.5 Å². The second-order valence-electron chi connectivity index (χ2n) is 5.81. The molecule has 152 valence electrons. The van der Waals surface area contributed by atoms with Crippen LogP contribution >= 0.6 is 12.4 Å². The molecule has 0 aliphatic rings. The van der Waals surface area contributed by atoms with E-state index in [4.69, 9.17) is 15.2 Å². The van der Waals surface area contributed by atoms with Crippen LogP contribution in [-0.2, 0) is 20.7 Å². The summed E-state index contributed by atoms with van der Waals surface area (Å²) in [4.78, 5) is 23.6. The molecule has 8 nitrogen and oxygen atoms in total. The van der Waals surface area contributed by atoms with Gasteiger partial charge in [-0.25, -0.2) is 4.79 Å². The van der Waals surface area contributed by atoms with Gasteiger partial charge in [-0.2, -0.15) is 0 Å². The molecule has 2 aromatic carbocycles. The molecule has 0 radical (unpaired) electrons. The second-order valence-corrected chi connectivity index (χ2v) is 5.81. The van der Waals surface area contributed by atoms with Crippen molar-refractivity contribution in [1.82, 2.24) is 0 Å². The summed E-state index contributed by atoms with van der Waals surface area (Å²) < 4.78 is 10.0. The zero-order chi connectivity index (χ0) is 19.8. The highest BCUT2D eigenvalue weighted by Gasteiger charge is 2.17. The predicted molar refractivity (Wildman–Crippen MR) is 103 cm³/mol. The lowest BCUT2D eigenvalue weighted by atomic mass is 10.1. The van der Waals surface area contributed by atoms with Crippen molar-refractivity contribution < 1.29 is 34.4 Å². The molecule has 28 heavy (non-hydrogen) atoms. The number of phenols is 3. The minimum atomic E-state index is -0.933. The number of aromatic hydroxyl groups is 3. The summed E-state index contributed by atoms with van der Waals surface area (Å²) in [5, 5.41) is 28.2. The van der Waals surface area contributed by atoms with Crippen molar-refractivity contribution in [2.75, 3.05) is 13.2 Å². The molecular formula is C19H22ClNO7. The molecule has 0 unspecified atom stereocenters. The van der Waals surface area contributed by atoms with Crippen molar-refractivity contribution in [3.8, 4) is 17.2 Å². The Morgan fingerprint density at radius 3 is 2.29 bits per heavy atom. The van der Waals surface area contributed by atoms with Crippen molar-refractivity contribution in [2.45, 2.75) is 18.9 Å². The fourth-order valence-corrected chi connectivity index (χ4v) is 2.26. The molecule has 0 aromatic heterocycles. The fraction of sp³-hybridized carbons (Fsp3) is 0.263. The van der Waals surface area contributed by atoms with Crippen molar-refractivity contribution >= 4 is 24.3 Å². The maximum absolute atomic E-state index is 11.9. The number of halogens is 1. The Balaban J connectivity index is 0.00000392. The lowest BCUT2D eigenvalue weighted by molar-refractivity contribution is -0.145. The third-order valence-electron chi connectivity index (χ3n) is 3.69. The Bertz CT molecular complexity index is 813. The van der Waals surface area contributed by atoms with Crippen LogP contribution in [0, 0.1) is 0 Å². The third kappa shape index (κ3) is 6.64. The molecule has 0 fully saturated rings. The van der Waals surface area contributed by atoms with Crippen molar-refractivity contribution in [3.63, 3.8) is 0 Å². The average Bonchev–Trinajstić information content (AvgIpc) is 2.64. The highest BCUT2D eigenvalue weighted by molar-refractivity contribution is 5.92. The summed E-state index contributed by atoms with van der Waals surface area (Å²) in [5.41, 5.74) is 6.40. The van der Waals surface area contributed by atoms with E-state index in [1.807, 2.05) is 0 Å². The van der Waals surface area contributed by atoms with E-state index >= 15 is 0 Å². The molecule has 0 amide bonds. The summed E-state index contributed by atoms with van der Waals surface area (Å²) in [6, 6.07) is 9.26. The van der Waals surface area contributed by atoms with E-state index in [-0.39, 0.29) is 61.3 Å². The minimum absolute atomic E-state index is 0. The zero-order valence-corrected chi connectivity index (χ0v) is 15.7. The quantitative estimate of drug-likeness (QED) is 0.293. The second kappa shape index (κ2) is 11.0. The SMILES string of the molecule is Cl.N[C@@H](Cc1ccc(O)c(O)c1)C(=O)OCCCOC(=O)c1ccccc1O. The molecule has 2 aromatic rings. The first-order valence-corrected chi connectivity index (χ1v) is 8.26. The molecule has 5 N–H and O–H groups in total. The molecule has 9 heteroatoms. The number of phenolic OH excluding ortho intramolecular Hbond substituents is 3. The zero-order valence-electron chi connectivity index (χ0n) is 14.9. The summed E-state index contributed by atoms with van der Waals surface area (Å²) in [6.07, 6.45) is 0.409. The number of hydrogen-bond donors (Lipinski definition) is 4. The van der Waals surface area contributed by atoms with E-state index in [0.29, 0.717) is 5.56 Å². The number of nitrogens with two attached hydrogens (primary N) is 1. The predicted octanol–water partition coefficient (Wildman–Crippen LogP) is 1.89. The minimum Gasteiger partial charge on any atom is -0.507 e. The topological polar surface area (TPSA) is 139 Å². The summed E-state index contributed by atoms with van der Waals surface area (Å²) in [5.74, 6) is -2.01. The van der Waals surface area contributed by atoms with Gasteiger partial charge in [-0.1, -0.05) is 18.2 Å². The van der Waals surface area contributed by atoms with E-state index in [2.05, 4.69) is 0 Å². The largest absolute Gasteiger partial charge is 0.507 e. The van der Waals surface area contributed by atoms with Gasteiger partial charge in [0, 0.05) is 6.42 Å². The van der Waals surface area contributed by atoms with Crippen LogP contribution in [0.5, 0.6) is 17.2 Å². The lowest BCUT2D eigenvalue weighted by Gasteiger charge is -2.12. The Labute approximate surface area is 167 Å². The van der Waals surface area contributed by atoms with Crippen LogP contribution < -0.4 is 5.73 Å². The molecule has 0 bridgehead atoms. The first-order chi connectivity index (χ1) is 12.9. The van der Waals surface area contributed by atoms with Crippen molar-refractivity contribution in [3.05, 3.63) is 53.6 Å². The molecular weight excluding hydrogens is 390 g/mol. The number of para-hydroxylation sites is 1. The van der Waals surface area contributed by atoms with Gasteiger partial charge in [-0.3, -0.25) is 4.79 Å². The Morgan fingerprint density at radius 2 is 1.61 bits per heavy atom. The van der Waals surface area contributed by atoms with Gasteiger partial charge in [0.15, 0.2) is 11.5 Å². The maximum atomic E-state index is 11.9. The molecule has 0 aliphatic carbocycles. The van der Waals surface area contributed by atoms with Gasteiger partial charge in [0.2, 0.25) is 0 Å². The standard InChI is InChI=1S/C19H21NO7.ClH/c20-14(10-12-6-7-16(22)17(23)11-12)19(25)27-9-3-8-26-18(24)13-4-1-2-5-15(13)21;/h1-2,4-7,11,14,21-23H,3,8-10,20H2;1H/t14-;/m0./s1. The van der Waals surface area contributed by atoms with Gasteiger partial charge < -0.3 is 30.5 Å².